The average Bonchev–Trinajstić information content (AvgIpc) is 3.28. The third-order valence-corrected chi connectivity index (χ3v) is 4.66. The molecule has 1 N–H and O–H groups in total. The van der Waals surface area contributed by atoms with Gasteiger partial charge < -0.3 is 14.6 Å². The first-order valence-electron chi connectivity index (χ1n) is 9.76. The number of ketones is 1. The van der Waals surface area contributed by atoms with Gasteiger partial charge in [-0.05, 0) is 49.2 Å². The van der Waals surface area contributed by atoms with Gasteiger partial charge in [0.15, 0.2) is 6.10 Å². The fourth-order valence-electron chi connectivity index (χ4n) is 3.04. The summed E-state index contributed by atoms with van der Waals surface area (Å²) in [5.41, 5.74) is 2.70. The Morgan fingerprint density at radius 3 is 2.33 bits per heavy atom. The van der Waals surface area contributed by atoms with Crippen molar-refractivity contribution in [3.8, 4) is 5.69 Å². The summed E-state index contributed by atoms with van der Waals surface area (Å²) in [5.74, 6) is -0.883. The molecule has 1 atom stereocenters. The van der Waals surface area contributed by atoms with Crippen molar-refractivity contribution in [2.75, 3.05) is 6.54 Å². The summed E-state index contributed by atoms with van der Waals surface area (Å²) in [6.45, 7) is 3.58. The number of benzene rings is 2. The van der Waals surface area contributed by atoms with Crippen LogP contribution in [0.25, 0.3) is 5.69 Å². The smallest absolute Gasteiger partial charge is 0.338 e. The lowest BCUT2D eigenvalue weighted by Crippen LogP contribution is -2.24. The van der Waals surface area contributed by atoms with Crippen molar-refractivity contribution in [3.05, 3.63) is 89.7 Å². The number of carbonyl (C=O) groups excluding carboxylic acids is 3. The molecule has 0 radical (unpaired) electrons. The van der Waals surface area contributed by atoms with Gasteiger partial charge in [0.2, 0.25) is 11.7 Å². The highest BCUT2D eigenvalue weighted by Crippen LogP contribution is 2.15. The maximum absolute atomic E-state index is 12.6. The lowest BCUT2D eigenvalue weighted by Gasteiger charge is -2.13. The molecule has 0 aliphatic heterocycles. The monoisotopic (exact) mass is 404 g/mol. The Bertz CT molecular complexity index is 1020. The minimum atomic E-state index is -0.905. The topological polar surface area (TPSA) is 77.4 Å². The molecule has 6 heteroatoms. The molecule has 0 saturated carbocycles. The summed E-state index contributed by atoms with van der Waals surface area (Å²) in [5, 5.41) is 2.73. The predicted octanol–water partition coefficient (Wildman–Crippen LogP) is 3.58. The first-order valence-corrected chi connectivity index (χ1v) is 9.76. The maximum atomic E-state index is 12.6. The molecule has 0 bridgehead atoms. The zero-order chi connectivity index (χ0) is 21.5. The quantitative estimate of drug-likeness (QED) is 0.460. The van der Waals surface area contributed by atoms with Crippen molar-refractivity contribution < 1.29 is 19.1 Å². The molecular weight excluding hydrogens is 380 g/mol. The molecule has 3 aromatic rings. The summed E-state index contributed by atoms with van der Waals surface area (Å²) < 4.78 is 7.29. The standard InChI is InChI=1S/C24H24N2O4/c1-17(23(28)20-10-8-19(9-11-20)12-13-25-18(2)27)30-24(29)21-6-5-7-22(16-21)26-14-3-4-15-26/h3-11,14-17H,12-13H2,1-2H3,(H,25,27)/t17-/m0/s1. The lowest BCUT2D eigenvalue weighted by molar-refractivity contribution is -0.118. The number of amides is 1. The second-order valence-electron chi connectivity index (χ2n) is 6.98. The van der Waals surface area contributed by atoms with Crippen molar-refractivity contribution in [2.24, 2.45) is 0 Å². The molecule has 0 aliphatic rings. The van der Waals surface area contributed by atoms with Gasteiger partial charge in [0.05, 0.1) is 5.56 Å². The van der Waals surface area contributed by atoms with E-state index in [-0.39, 0.29) is 11.7 Å². The van der Waals surface area contributed by atoms with E-state index in [1.165, 1.54) is 6.92 Å². The fourth-order valence-corrected chi connectivity index (χ4v) is 3.04. The van der Waals surface area contributed by atoms with Gasteiger partial charge in [0.1, 0.15) is 0 Å². The molecule has 1 aromatic heterocycles. The van der Waals surface area contributed by atoms with Crippen LogP contribution >= 0.6 is 0 Å². The van der Waals surface area contributed by atoms with Crippen molar-refractivity contribution in [1.82, 2.24) is 9.88 Å². The van der Waals surface area contributed by atoms with Crippen LogP contribution in [0.15, 0.2) is 73.1 Å². The van der Waals surface area contributed by atoms with Gasteiger partial charge in [-0.1, -0.05) is 30.3 Å². The van der Waals surface area contributed by atoms with Gasteiger partial charge >= 0.3 is 5.97 Å². The van der Waals surface area contributed by atoms with E-state index in [2.05, 4.69) is 5.32 Å². The number of carbonyl (C=O) groups is 3. The SMILES string of the molecule is CC(=O)NCCc1ccc(C(=O)[C@H](C)OC(=O)c2cccc(-n3cccc3)c2)cc1. The van der Waals surface area contributed by atoms with Crippen LogP contribution in [-0.2, 0) is 16.0 Å². The van der Waals surface area contributed by atoms with Gasteiger partial charge in [-0.15, -0.1) is 0 Å². The Kier molecular flexibility index (Phi) is 6.80. The van der Waals surface area contributed by atoms with Gasteiger partial charge in [-0.3, -0.25) is 9.59 Å². The van der Waals surface area contributed by atoms with Gasteiger partial charge in [0, 0.05) is 37.1 Å². The third-order valence-electron chi connectivity index (χ3n) is 4.66. The Labute approximate surface area is 175 Å². The average molecular weight is 404 g/mol. The van der Waals surface area contributed by atoms with E-state index in [0.29, 0.717) is 24.1 Å². The van der Waals surface area contributed by atoms with Gasteiger partial charge in [-0.25, -0.2) is 4.79 Å². The molecule has 3 rings (SSSR count). The number of nitrogens with one attached hydrogen (secondary N) is 1. The normalized spacial score (nSPS) is 11.5. The van der Waals surface area contributed by atoms with Gasteiger partial charge in [-0.2, -0.15) is 0 Å². The molecule has 0 fully saturated rings. The molecule has 0 saturated heterocycles. The lowest BCUT2D eigenvalue weighted by atomic mass is 10.0. The molecular formula is C24H24N2O4. The molecule has 0 spiro atoms. The first kappa shape index (κ1) is 21.0. The number of aromatic nitrogens is 1. The second-order valence-corrected chi connectivity index (χ2v) is 6.98. The Hall–Kier alpha value is -3.67. The van der Waals surface area contributed by atoms with Crippen LogP contribution in [0.1, 0.15) is 40.1 Å². The Morgan fingerprint density at radius 2 is 1.67 bits per heavy atom. The zero-order valence-electron chi connectivity index (χ0n) is 17.0. The van der Waals surface area contributed by atoms with Crippen LogP contribution in [0.4, 0.5) is 0 Å². The molecule has 0 unspecified atom stereocenters. The van der Waals surface area contributed by atoms with E-state index < -0.39 is 12.1 Å². The highest BCUT2D eigenvalue weighted by Gasteiger charge is 2.20. The molecule has 2 aromatic carbocycles. The van der Waals surface area contributed by atoms with Crippen LogP contribution in [0.3, 0.4) is 0 Å². The number of nitrogens with zero attached hydrogens (tertiary/aromatic N) is 1. The first-order chi connectivity index (χ1) is 14.4. The minimum Gasteiger partial charge on any atom is -0.451 e. The van der Waals surface area contributed by atoms with E-state index >= 15 is 0 Å². The number of hydrogen-bond acceptors (Lipinski definition) is 4. The number of Topliss-reactive ketones (excluding diaryl/α,β-unsaturated/α-hetero) is 1. The number of ether oxygens (including phenoxy) is 1. The van der Waals surface area contributed by atoms with Crippen LogP contribution in [0.2, 0.25) is 0 Å². The van der Waals surface area contributed by atoms with Crippen molar-refractivity contribution in [2.45, 2.75) is 26.4 Å². The van der Waals surface area contributed by atoms with Crippen LogP contribution in [-0.4, -0.2) is 34.9 Å². The summed E-state index contributed by atoms with van der Waals surface area (Å²) in [6.07, 6.45) is 3.54. The van der Waals surface area contributed by atoms with Crippen molar-refractivity contribution >= 4 is 17.7 Å². The third kappa shape index (κ3) is 5.44. The van der Waals surface area contributed by atoms with E-state index in [4.69, 9.17) is 4.74 Å². The van der Waals surface area contributed by atoms with Crippen molar-refractivity contribution in [1.29, 1.82) is 0 Å². The van der Waals surface area contributed by atoms with E-state index in [1.807, 2.05) is 47.3 Å². The summed E-state index contributed by atoms with van der Waals surface area (Å²) >= 11 is 0. The van der Waals surface area contributed by atoms with Crippen LogP contribution in [0, 0.1) is 0 Å². The van der Waals surface area contributed by atoms with E-state index in [9.17, 15) is 14.4 Å². The summed E-state index contributed by atoms with van der Waals surface area (Å²) in [6, 6.07) is 17.9. The summed E-state index contributed by atoms with van der Waals surface area (Å²) in [4.78, 5) is 36.1. The zero-order valence-corrected chi connectivity index (χ0v) is 17.0. The molecule has 154 valence electrons. The molecule has 1 amide bonds. The maximum Gasteiger partial charge on any atom is 0.338 e. The number of esters is 1. The molecule has 6 nitrogen and oxygen atoms in total. The second kappa shape index (κ2) is 9.69. The predicted molar refractivity (Wildman–Crippen MR) is 114 cm³/mol. The molecule has 30 heavy (non-hydrogen) atoms. The summed E-state index contributed by atoms with van der Waals surface area (Å²) in [7, 11) is 0. The van der Waals surface area contributed by atoms with Gasteiger partial charge in [0.25, 0.3) is 0 Å². The highest BCUT2D eigenvalue weighted by molar-refractivity contribution is 6.01. The Balaban J connectivity index is 1.60. The van der Waals surface area contributed by atoms with Crippen LogP contribution < -0.4 is 5.32 Å². The van der Waals surface area contributed by atoms with E-state index in [1.54, 1.807) is 37.3 Å². The molecule has 0 aliphatic carbocycles. The Morgan fingerprint density at radius 1 is 0.967 bits per heavy atom. The highest BCUT2D eigenvalue weighted by atomic mass is 16.5. The minimum absolute atomic E-state index is 0.0728. The largest absolute Gasteiger partial charge is 0.451 e. The molecule has 1 heterocycles. The fraction of sp³-hybridized carbons (Fsp3) is 0.208. The van der Waals surface area contributed by atoms with E-state index in [0.717, 1.165) is 11.3 Å². The van der Waals surface area contributed by atoms with Crippen LogP contribution in [0.5, 0.6) is 0 Å². The number of hydrogen-bond donors (Lipinski definition) is 1. The number of rotatable bonds is 8. The van der Waals surface area contributed by atoms with Crippen molar-refractivity contribution in [3.63, 3.8) is 0 Å².